The zero-order valence-electron chi connectivity index (χ0n) is 25.6. The Bertz CT molecular complexity index is 1410. The van der Waals surface area contributed by atoms with Gasteiger partial charge in [-0.2, -0.15) is 0 Å². The fourth-order valence-electron chi connectivity index (χ4n) is 5.52. The predicted octanol–water partition coefficient (Wildman–Crippen LogP) is 5.08. The second-order valence-corrected chi connectivity index (χ2v) is 12.8. The van der Waals surface area contributed by atoms with E-state index in [9.17, 15) is 9.59 Å². The van der Waals surface area contributed by atoms with Crippen LogP contribution in [0.15, 0.2) is 47.0 Å². The molecule has 0 saturated carbocycles. The summed E-state index contributed by atoms with van der Waals surface area (Å²) < 4.78 is 5.60. The predicted molar refractivity (Wildman–Crippen MR) is 165 cm³/mol. The fourth-order valence-corrected chi connectivity index (χ4v) is 5.52. The third kappa shape index (κ3) is 7.27. The number of amides is 2. The van der Waals surface area contributed by atoms with E-state index in [1.54, 1.807) is 6.07 Å². The highest BCUT2D eigenvalue weighted by molar-refractivity contribution is 6.05. The molecule has 0 radical (unpaired) electrons. The molecule has 2 aromatic carbocycles. The number of anilines is 1. The molecule has 2 amide bonds. The number of carbonyl (C=O) groups excluding carboxylic acids is 2. The minimum atomic E-state index is -0.277. The van der Waals surface area contributed by atoms with Crippen molar-refractivity contribution >= 4 is 17.5 Å². The van der Waals surface area contributed by atoms with Gasteiger partial charge in [-0.25, -0.2) is 5.01 Å². The Kier molecular flexibility index (Phi) is 9.11. The van der Waals surface area contributed by atoms with E-state index in [2.05, 4.69) is 65.7 Å². The lowest BCUT2D eigenvalue weighted by molar-refractivity contribution is 0.0740. The van der Waals surface area contributed by atoms with Gasteiger partial charge < -0.3 is 14.7 Å². The number of piperidine rings is 1. The number of hydrazine groups is 1. The van der Waals surface area contributed by atoms with Gasteiger partial charge in [0.1, 0.15) is 0 Å². The maximum absolute atomic E-state index is 13.8. The quantitative estimate of drug-likeness (QED) is 0.408. The largest absolute Gasteiger partial charge is 0.355 e. The number of piperazine rings is 1. The van der Waals surface area contributed by atoms with E-state index in [4.69, 9.17) is 4.52 Å². The van der Waals surface area contributed by atoms with Gasteiger partial charge in [-0.15, -0.1) is 0 Å². The normalized spacial score (nSPS) is 17.3. The molecule has 0 unspecified atom stereocenters. The van der Waals surface area contributed by atoms with Crippen LogP contribution in [0.1, 0.15) is 77.6 Å². The molecule has 224 valence electrons. The van der Waals surface area contributed by atoms with Crippen LogP contribution in [0.3, 0.4) is 0 Å². The Morgan fingerprint density at radius 1 is 0.905 bits per heavy atom. The van der Waals surface area contributed by atoms with Crippen molar-refractivity contribution in [1.29, 1.82) is 0 Å². The number of hydrogen-bond donors (Lipinski definition) is 2. The number of hydrogen-bond acceptors (Lipinski definition) is 7. The van der Waals surface area contributed by atoms with Crippen LogP contribution in [-0.4, -0.2) is 78.1 Å². The van der Waals surface area contributed by atoms with Crippen LogP contribution >= 0.6 is 0 Å². The van der Waals surface area contributed by atoms with Crippen molar-refractivity contribution < 1.29 is 14.1 Å². The van der Waals surface area contributed by atoms with E-state index >= 15 is 0 Å². The van der Waals surface area contributed by atoms with Crippen LogP contribution in [0, 0.1) is 6.92 Å². The minimum absolute atomic E-state index is 0.0806. The fraction of sp³-hybridized carbons (Fsp3) is 0.485. The molecule has 1 aromatic heterocycles. The first kappa shape index (κ1) is 29.9. The smallest absolute Gasteiger partial charge is 0.287 e. The SMILES string of the molecule is Cc1ccc(NC(=O)c2cc(C(C)(C)C)ccc2CN2CCN(C)CC2)cc1-c1cc(C(=O)NN2CCCCC2)no1. The van der Waals surface area contributed by atoms with Crippen LogP contribution in [0.4, 0.5) is 5.69 Å². The molecule has 5 rings (SSSR count). The summed E-state index contributed by atoms with van der Waals surface area (Å²) >= 11 is 0. The number of aryl methyl sites for hydroxylation is 1. The second-order valence-electron chi connectivity index (χ2n) is 12.8. The molecule has 9 nitrogen and oxygen atoms in total. The summed E-state index contributed by atoms with van der Waals surface area (Å²) in [6.07, 6.45) is 3.33. The van der Waals surface area contributed by atoms with Crippen molar-refractivity contribution in [3.8, 4) is 11.3 Å². The number of carbonyl (C=O) groups is 2. The minimum Gasteiger partial charge on any atom is -0.355 e. The summed E-state index contributed by atoms with van der Waals surface area (Å²) in [5.74, 6) is 0.0673. The number of aromatic nitrogens is 1. The molecule has 9 heteroatoms. The van der Waals surface area contributed by atoms with Crippen LogP contribution < -0.4 is 10.7 Å². The summed E-state index contributed by atoms with van der Waals surface area (Å²) in [6, 6.07) is 13.7. The van der Waals surface area contributed by atoms with Gasteiger partial charge in [0.2, 0.25) is 0 Å². The first-order valence-electron chi connectivity index (χ1n) is 15.1. The highest BCUT2D eigenvalue weighted by Gasteiger charge is 2.23. The molecular formula is C33H44N6O3. The summed E-state index contributed by atoms with van der Waals surface area (Å²) in [7, 11) is 2.15. The van der Waals surface area contributed by atoms with Gasteiger partial charge in [-0.05, 0) is 67.1 Å². The lowest BCUT2D eigenvalue weighted by Gasteiger charge is -2.33. The lowest BCUT2D eigenvalue weighted by atomic mass is 9.85. The highest BCUT2D eigenvalue weighted by Crippen LogP contribution is 2.29. The number of rotatable bonds is 7. The summed E-state index contributed by atoms with van der Waals surface area (Å²) in [6.45, 7) is 14.9. The van der Waals surface area contributed by atoms with Gasteiger partial charge in [-0.1, -0.05) is 50.5 Å². The van der Waals surface area contributed by atoms with Gasteiger partial charge in [0.05, 0.1) is 0 Å². The first-order valence-corrected chi connectivity index (χ1v) is 15.1. The van der Waals surface area contributed by atoms with E-state index in [-0.39, 0.29) is 22.9 Å². The summed E-state index contributed by atoms with van der Waals surface area (Å²) in [5, 5.41) is 9.10. The van der Waals surface area contributed by atoms with E-state index < -0.39 is 0 Å². The third-order valence-corrected chi connectivity index (χ3v) is 8.33. The standard InChI is InChI=1S/C33H44N6O3/c1-23-9-12-26(20-27(23)30-21-29(36-42-30)32(41)35-39-13-7-6-8-14-39)34-31(40)28-19-25(33(2,3)4)11-10-24(28)22-38-17-15-37(5)16-18-38/h9-12,19-21H,6-8,13-18,22H2,1-5H3,(H,34,40)(H,35,41). The maximum Gasteiger partial charge on any atom is 0.287 e. The molecule has 2 saturated heterocycles. The molecular weight excluding hydrogens is 528 g/mol. The van der Waals surface area contributed by atoms with Gasteiger partial charge in [0.15, 0.2) is 11.5 Å². The average molecular weight is 573 g/mol. The third-order valence-electron chi connectivity index (χ3n) is 8.33. The Morgan fingerprint density at radius 3 is 2.36 bits per heavy atom. The molecule has 2 aliphatic heterocycles. The topological polar surface area (TPSA) is 94.0 Å². The van der Waals surface area contributed by atoms with Gasteiger partial charge in [0, 0.05) is 68.7 Å². The first-order chi connectivity index (χ1) is 20.1. The van der Waals surface area contributed by atoms with Crippen LogP contribution in [0.2, 0.25) is 0 Å². The Morgan fingerprint density at radius 2 is 1.64 bits per heavy atom. The highest BCUT2D eigenvalue weighted by atomic mass is 16.5. The molecule has 3 aromatic rings. The van der Waals surface area contributed by atoms with Crippen molar-refractivity contribution in [1.82, 2.24) is 25.4 Å². The summed E-state index contributed by atoms with van der Waals surface area (Å²) in [5.41, 5.74) is 8.31. The summed E-state index contributed by atoms with van der Waals surface area (Å²) in [4.78, 5) is 31.3. The number of benzene rings is 2. The molecule has 3 heterocycles. The van der Waals surface area contributed by atoms with E-state index in [0.29, 0.717) is 17.0 Å². The second kappa shape index (κ2) is 12.8. The van der Waals surface area contributed by atoms with E-state index in [0.717, 1.165) is 80.9 Å². The molecule has 0 bridgehead atoms. The molecule has 0 atom stereocenters. The van der Waals surface area contributed by atoms with Gasteiger partial charge in [0.25, 0.3) is 11.8 Å². The van der Waals surface area contributed by atoms with Crippen LogP contribution in [0.25, 0.3) is 11.3 Å². The average Bonchev–Trinajstić information content (AvgIpc) is 3.46. The zero-order valence-corrected chi connectivity index (χ0v) is 25.6. The van der Waals surface area contributed by atoms with Gasteiger partial charge >= 0.3 is 0 Å². The van der Waals surface area contributed by atoms with Crippen molar-refractivity contribution in [3.63, 3.8) is 0 Å². The Hall–Kier alpha value is -3.53. The Balaban J connectivity index is 1.35. The van der Waals surface area contributed by atoms with Crippen LogP contribution in [-0.2, 0) is 12.0 Å². The molecule has 2 N–H and O–H groups in total. The van der Waals surface area contributed by atoms with Crippen LogP contribution in [0.5, 0.6) is 0 Å². The van der Waals surface area contributed by atoms with Crippen molar-refractivity contribution in [2.75, 3.05) is 51.6 Å². The van der Waals surface area contributed by atoms with Gasteiger partial charge in [-0.3, -0.25) is 19.9 Å². The maximum atomic E-state index is 13.8. The molecule has 2 aliphatic rings. The van der Waals surface area contributed by atoms with E-state index in [1.807, 2.05) is 36.2 Å². The number of nitrogens with zero attached hydrogens (tertiary/aromatic N) is 4. The van der Waals surface area contributed by atoms with E-state index in [1.165, 1.54) is 6.42 Å². The zero-order chi connectivity index (χ0) is 29.9. The Labute approximate surface area is 249 Å². The molecule has 0 spiro atoms. The van der Waals surface area contributed by atoms with Crippen molar-refractivity contribution in [2.24, 2.45) is 0 Å². The molecule has 2 fully saturated rings. The lowest BCUT2D eigenvalue weighted by Crippen LogP contribution is -2.45. The van der Waals surface area contributed by atoms with Crippen molar-refractivity contribution in [3.05, 3.63) is 70.4 Å². The van der Waals surface area contributed by atoms with Crippen molar-refractivity contribution in [2.45, 2.75) is 58.9 Å². The monoisotopic (exact) mass is 572 g/mol. The number of nitrogens with one attached hydrogen (secondary N) is 2. The number of likely N-dealkylation sites (N-methyl/N-ethyl adjacent to an activating group) is 1. The molecule has 42 heavy (non-hydrogen) atoms. The molecule has 0 aliphatic carbocycles.